The average Bonchev–Trinajstić information content (AvgIpc) is 2.57. The highest BCUT2D eigenvalue weighted by atomic mass is 32.3. The average molecular weight is 332 g/mol. The molecule has 1 saturated heterocycles. The highest BCUT2D eigenvalue weighted by molar-refractivity contribution is 7.81. The maximum atomic E-state index is 12.5. The molecule has 1 aliphatic rings. The van der Waals surface area contributed by atoms with E-state index in [1.54, 1.807) is 4.90 Å². The molecule has 0 aromatic carbocycles. The molecule has 22 heavy (non-hydrogen) atoms. The van der Waals surface area contributed by atoms with E-state index in [9.17, 15) is 17.1 Å². The molecule has 0 atom stereocenters. The van der Waals surface area contributed by atoms with Crippen molar-refractivity contribution >= 4 is 16.4 Å². The molecule has 9 heteroatoms. The lowest BCUT2D eigenvalue weighted by Gasteiger charge is -2.28. The zero-order valence-electron chi connectivity index (χ0n) is 12.3. The van der Waals surface area contributed by atoms with Crippen molar-refractivity contribution in [2.75, 3.05) is 26.3 Å². The van der Waals surface area contributed by atoms with Crippen LogP contribution >= 0.6 is 0 Å². The predicted molar refractivity (Wildman–Crippen MR) is 75.4 cm³/mol. The second-order valence-corrected chi connectivity index (χ2v) is 6.78. The summed E-state index contributed by atoms with van der Waals surface area (Å²) in [6.45, 7) is 5.81. The minimum Gasteiger partial charge on any atom is -0.379 e. The summed E-state index contributed by atoms with van der Waals surface area (Å²) in [5.74, 6) is -0.688. The monoisotopic (exact) mass is 332 g/mol. The Hall–Kier alpha value is -1.74. The van der Waals surface area contributed by atoms with Gasteiger partial charge in [-0.1, -0.05) is 17.7 Å². The van der Waals surface area contributed by atoms with Gasteiger partial charge in [0.1, 0.15) is 0 Å². The molecule has 1 amide bonds. The van der Waals surface area contributed by atoms with E-state index in [0.717, 1.165) is 12.3 Å². The Morgan fingerprint density at radius 1 is 1.45 bits per heavy atom. The third-order valence-corrected chi connectivity index (χ3v) is 3.45. The van der Waals surface area contributed by atoms with Gasteiger partial charge in [-0.25, -0.2) is 0 Å². The van der Waals surface area contributed by atoms with Crippen LogP contribution in [0.25, 0.3) is 0 Å². The second kappa shape index (κ2) is 6.17. The molecule has 1 aromatic heterocycles. The van der Waals surface area contributed by atoms with Gasteiger partial charge in [0.05, 0.1) is 25.0 Å². The molecule has 122 valence electrons. The number of halogens is 1. The van der Waals surface area contributed by atoms with Gasteiger partial charge in [-0.05, 0) is 6.07 Å². The minimum atomic E-state index is -5.15. The third kappa shape index (κ3) is 4.63. The first kappa shape index (κ1) is 16.6. The molecule has 0 bridgehead atoms. The summed E-state index contributed by atoms with van der Waals surface area (Å²) in [5, 5.41) is 0. The smallest absolute Gasteiger partial charge is 0.379 e. The van der Waals surface area contributed by atoms with E-state index in [1.807, 2.05) is 13.8 Å². The molecule has 1 fully saturated rings. The van der Waals surface area contributed by atoms with Crippen molar-refractivity contribution in [3.8, 4) is 5.75 Å². The standard InChI is InChI=1S/C13H17FN2O5S/c1-13(2)8-16(3-4-20-9-13)12(17)10-5-11(7-15-6-10)21-22(14,18)19/h5-7H,3-4,8-9H2,1-2H3. The Labute approximate surface area is 128 Å². The van der Waals surface area contributed by atoms with Crippen molar-refractivity contribution in [2.24, 2.45) is 5.41 Å². The molecule has 0 spiro atoms. The lowest BCUT2D eigenvalue weighted by atomic mass is 9.94. The number of hydrogen-bond acceptors (Lipinski definition) is 6. The molecular formula is C13H17FN2O5S. The maximum absolute atomic E-state index is 12.5. The Balaban J connectivity index is 2.20. The van der Waals surface area contributed by atoms with Crippen LogP contribution in [0.2, 0.25) is 0 Å². The Morgan fingerprint density at radius 2 is 2.18 bits per heavy atom. The van der Waals surface area contributed by atoms with Crippen LogP contribution in [0.4, 0.5) is 3.89 Å². The summed E-state index contributed by atoms with van der Waals surface area (Å²) in [4.78, 5) is 17.8. The molecule has 2 rings (SSSR count). The zero-order chi connectivity index (χ0) is 16.4. The van der Waals surface area contributed by atoms with E-state index in [0.29, 0.717) is 26.3 Å². The van der Waals surface area contributed by atoms with Crippen molar-refractivity contribution < 1.29 is 26.0 Å². The van der Waals surface area contributed by atoms with E-state index in [1.165, 1.54) is 6.20 Å². The van der Waals surface area contributed by atoms with Gasteiger partial charge in [-0.3, -0.25) is 9.78 Å². The predicted octanol–water partition coefficient (Wildman–Crippen LogP) is 1.17. The second-order valence-electron chi connectivity index (χ2n) is 5.83. The largest absolute Gasteiger partial charge is 0.488 e. The third-order valence-electron chi connectivity index (χ3n) is 3.06. The topological polar surface area (TPSA) is 85.8 Å². The molecule has 1 aliphatic heterocycles. The Bertz CT molecular complexity index is 662. The lowest BCUT2D eigenvalue weighted by Crippen LogP contribution is -2.39. The fourth-order valence-corrected chi connectivity index (χ4v) is 2.54. The number of amides is 1. The molecule has 0 saturated carbocycles. The van der Waals surface area contributed by atoms with Crippen LogP contribution in [0.15, 0.2) is 18.5 Å². The van der Waals surface area contributed by atoms with Crippen LogP contribution in [0.5, 0.6) is 5.75 Å². The molecule has 0 unspecified atom stereocenters. The van der Waals surface area contributed by atoms with Gasteiger partial charge in [0, 0.05) is 24.7 Å². The maximum Gasteiger partial charge on any atom is 0.488 e. The molecule has 7 nitrogen and oxygen atoms in total. The van der Waals surface area contributed by atoms with Crippen molar-refractivity contribution in [1.29, 1.82) is 0 Å². The summed E-state index contributed by atoms with van der Waals surface area (Å²) in [5.41, 5.74) is -0.0745. The van der Waals surface area contributed by atoms with E-state index < -0.39 is 10.5 Å². The van der Waals surface area contributed by atoms with Gasteiger partial charge in [-0.2, -0.15) is 8.42 Å². The SMILES string of the molecule is CC1(C)COCCN(C(=O)c2cncc(OS(=O)(=O)F)c2)C1. The van der Waals surface area contributed by atoms with Gasteiger partial charge in [-0.15, -0.1) is 0 Å². The molecule has 0 N–H and O–H groups in total. The van der Waals surface area contributed by atoms with E-state index in [-0.39, 0.29) is 22.6 Å². The number of ether oxygens (including phenoxy) is 1. The van der Waals surface area contributed by atoms with Crippen molar-refractivity contribution in [1.82, 2.24) is 9.88 Å². The Morgan fingerprint density at radius 3 is 2.86 bits per heavy atom. The van der Waals surface area contributed by atoms with E-state index in [2.05, 4.69) is 9.17 Å². The number of carbonyl (C=O) groups is 1. The first-order chi connectivity index (χ1) is 10.2. The summed E-state index contributed by atoms with van der Waals surface area (Å²) in [6, 6.07) is 1.14. The van der Waals surface area contributed by atoms with Crippen LogP contribution < -0.4 is 4.18 Å². The summed E-state index contributed by atoms with van der Waals surface area (Å²) in [6.07, 6.45) is 2.29. The summed E-state index contributed by atoms with van der Waals surface area (Å²) >= 11 is 0. The fourth-order valence-electron chi connectivity index (χ4n) is 2.22. The van der Waals surface area contributed by atoms with Gasteiger partial charge in [0.15, 0.2) is 5.75 Å². The van der Waals surface area contributed by atoms with Crippen LogP contribution in [0.3, 0.4) is 0 Å². The highest BCUT2D eigenvalue weighted by Gasteiger charge is 2.29. The van der Waals surface area contributed by atoms with Gasteiger partial charge in [0.2, 0.25) is 0 Å². The molecule has 0 radical (unpaired) electrons. The number of carbonyl (C=O) groups excluding carboxylic acids is 1. The Kier molecular flexibility index (Phi) is 4.66. The van der Waals surface area contributed by atoms with Crippen LogP contribution in [-0.4, -0.2) is 50.5 Å². The van der Waals surface area contributed by atoms with Crippen molar-refractivity contribution in [3.63, 3.8) is 0 Å². The van der Waals surface area contributed by atoms with E-state index >= 15 is 0 Å². The number of pyridine rings is 1. The molecule has 1 aromatic rings. The van der Waals surface area contributed by atoms with Gasteiger partial charge in [0.25, 0.3) is 5.91 Å². The van der Waals surface area contributed by atoms with Crippen LogP contribution in [-0.2, 0) is 15.2 Å². The fraction of sp³-hybridized carbons (Fsp3) is 0.538. The minimum absolute atomic E-state index is 0.124. The van der Waals surface area contributed by atoms with Gasteiger partial charge >= 0.3 is 10.5 Å². The number of nitrogens with zero attached hydrogens (tertiary/aromatic N) is 2. The van der Waals surface area contributed by atoms with E-state index in [4.69, 9.17) is 4.74 Å². The zero-order valence-corrected chi connectivity index (χ0v) is 13.1. The first-order valence-electron chi connectivity index (χ1n) is 6.62. The summed E-state index contributed by atoms with van der Waals surface area (Å²) in [7, 11) is -5.15. The summed E-state index contributed by atoms with van der Waals surface area (Å²) < 4.78 is 43.0. The number of hydrogen-bond donors (Lipinski definition) is 0. The first-order valence-corrected chi connectivity index (χ1v) is 7.93. The van der Waals surface area contributed by atoms with Crippen molar-refractivity contribution in [3.05, 3.63) is 24.0 Å². The normalized spacial score (nSPS) is 18.6. The number of aromatic nitrogens is 1. The van der Waals surface area contributed by atoms with Gasteiger partial charge < -0.3 is 13.8 Å². The van der Waals surface area contributed by atoms with Crippen molar-refractivity contribution in [2.45, 2.75) is 13.8 Å². The lowest BCUT2D eigenvalue weighted by molar-refractivity contribution is 0.0713. The highest BCUT2D eigenvalue weighted by Crippen LogP contribution is 2.22. The molecular weight excluding hydrogens is 315 g/mol. The quantitative estimate of drug-likeness (QED) is 0.773. The molecule has 0 aliphatic carbocycles. The number of rotatable bonds is 3. The van der Waals surface area contributed by atoms with Crippen LogP contribution in [0.1, 0.15) is 24.2 Å². The van der Waals surface area contributed by atoms with Crippen LogP contribution in [0, 0.1) is 5.41 Å². The molecule has 2 heterocycles.